The lowest BCUT2D eigenvalue weighted by Gasteiger charge is -2.34. The molecule has 4 amide bonds. The fourth-order valence-corrected chi connectivity index (χ4v) is 18.0. The van der Waals surface area contributed by atoms with E-state index in [9.17, 15) is 54.7 Å². The van der Waals surface area contributed by atoms with Gasteiger partial charge in [-0.3, -0.25) is 24.0 Å². The number of likely N-dealkylation sites (N-methyl/N-ethyl adjacent to an activating group) is 2. The highest BCUT2D eigenvalue weighted by Crippen LogP contribution is 2.48. The first kappa shape index (κ1) is 106. The number of likely N-dealkylation sites (tertiary alicyclic amines) is 1. The average Bonchev–Trinajstić information content (AvgIpc) is 1.62. The van der Waals surface area contributed by atoms with E-state index in [1.54, 1.807) is 89.7 Å². The molecule has 35 nitrogen and oxygen atoms in total. The molecule has 1 aliphatic carbocycles. The highest BCUT2D eigenvalue weighted by Gasteiger charge is 2.43. The molecule has 10 heterocycles. The summed E-state index contributed by atoms with van der Waals surface area (Å²) in [7, 11) is 21.0. The number of aryl methyl sites for hydroxylation is 1. The van der Waals surface area contributed by atoms with Gasteiger partial charge >= 0.3 is 12.4 Å². The summed E-state index contributed by atoms with van der Waals surface area (Å²) in [6, 6.07) is 41.5. The number of piperidine rings is 1. The zero-order valence-electron chi connectivity index (χ0n) is 83.4. The van der Waals surface area contributed by atoms with Crippen molar-refractivity contribution in [2.75, 3.05) is 181 Å². The number of ketones is 1. The Hall–Kier alpha value is -15.2. The van der Waals surface area contributed by atoms with E-state index in [2.05, 4.69) is 112 Å². The molecule has 4 aromatic heterocycles. The predicted molar refractivity (Wildman–Crippen MR) is 544 cm³/mol. The summed E-state index contributed by atoms with van der Waals surface area (Å²) < 4.78 is 143. The van der Waals surface area contributed by atoms with E-state index < -0.39 is 53.4 Å². The molecule has 19 rings (SSSR count). The van der Waals surface area contributed by atoms with Crippen LogP contribution in [0.3, 0.4) is 0 Å². The summed E-state index contributed by atoms with van der Waals surface area (Å²) in [4.78, 5) is 114. The van der Waals surface area contributed by atoms with Crippen LogP contribution in [-0.2, 0) is 31.9 Å². The lowest BCUT2D eigenvalue weighted by Crippen LogP contribution is -2.51. The summed E-state index contributed by atoms with van der Waals surface area (Å²) in [5.74, 6) is 0.619. The number of methoxy groups -OCH3 is 4. The normalized spacial score (nSPS) is 17.1. The largest absolute Gasteiger partial charge is 0.495 e. The van der Waals surface area contributed by atoms with Gasteiger partial charge in [-0.25, -0.2) is 24.3 Å². The number of Topliss-reactive ketones (excluding diaryl/α,β-unsaturated/α-hetero) is 1. The predicted octanol–water partition coefficient (Wildman–Crippen LogP) is 18.8. The number of hydrogen-bond acceptors (Lipinski definition) is 31. The van der Waals surface area contributed by atoms with Crippen LogP contribution in [0.5, 0.6) is 69.5 Å². The maximum absolute atomic E-state index is 14.4. The Morgan fingerprint density at radius 1 is 0.439 bits per heavy atom. The number of fused-ring (bicyclic) bond motifs is 4. The van der Waals surface area contributed by atoms with Crippen LogP contribution in [0.4, 0.5) is 88.7 Å². The maximum Gasteiger partial charge on any atom is 0.423 e. The molecule has 12 aromatic rings. The van der Waals surface area contributed by atoms with Gasteiger partial charge in [0.25, 0.3) is 23.6 Å². The third-order valence-corrected chi connectivity index (χ3v) is 26.6. The van der Waals surface area contributed by atoms with Crippen LogP contribution < -0.4 is 74.3 Å². The van der Waals surface area contributed by atoms with Crippen molar-refractivity contribution in [2.24, 2.45) is 0 Å². The minimum absolute atomic E-state index is 0.00220. The molecule has 7 aliphatic rings. The van der Waals surface area contributed by atoms with Crippen molar-refractivity contribution >= 4 is 111 Å². The Kier molecular flexibility index (Phi) is 32.4. The number of nitrogens with zero attached hydrogens (tertiary/aromatic N) is 17. The smallest absolute Gasteiger partial charge is 0.423 e. The molecule has 776 valence electrons. The molecule has 6 aliphatic heterocycles. The van der Waals surface area contributed by atoms with Gasteiger partial charge in [-0.2, -0.15) is 46.3 Å². The van der Waals surface area contributed by atoms with E-state index in [0.29, 0.717) is 113 Å². The number of benzene rings is 8. The topological polar surface area (TPSA) is 352 Å². The van der Waals surface area contributed by atoms with Crippen molar-refractivity contribution in [1.29, 1.82) is 0 Å². The number of amides is 4. The van der Waals surface area contributed by atoms with Gasteiger partial charge in [-0.15, -0.1) is 0 Å². The molecule has 2 unspecified atom stereocenters. The molecule has 44 heteroatoms. The van der Waals surface area contributed by atoms with Crippen LogP contribution in [0.25, 0.3) is 0 Å². The van der Waals surface area contributed by atoms with E-state index >= 15 is 0 Å². The summed E-state index contributed by atoms with van der Waals surface area (Å²) in [6.07, 6.45) is -4.98. The van der Waals surface area contributed by atoms with Crippen LogP contribution in [0.15, 0.2) is 170 Å². The second-order valence-corrected chi connectivity index (χ2v) is 37.2. The number of carbonyl (C=O) groups is 5. The Labute approximate surface area is 858 Å². The number of piperazine rings is 2. The number of carbonyl (C=O) groups excluding carboxylic acids is 5. The van der Waals surface area contributed by atoms with E-state index in [1.165, 1.54) is 66.7 Å². The highest BCUT2D eigenvalue weighted by molar-refractivity contribution is 6.32. The molecular formula is C104H109Cl2F7N22O13. The van der Waals surface area contributed by atoms with Crippen LogP contribution >= 0.6 is 23.2 Å². The van der Waals surface area contributed by atoms with Crippen molar-refractivity contribution in [3.63, 3.8) is 0 Å². The molecule has 3 fully saturated rings. The molecule has 0 spiro atoms. The fourth-order valence-electron chi connectivity index (χ4n) is 17.7. The van der Waals surface area contributed by atoms with Gasteiger partial charge in [0, 0.05) is 148 Å². The van der Waals surface area contributed by atoms with E-state index in [0.717, 1.165) is 98.2 Å². The van der Waals surface area contributed by atoms with E-state index in [4.69, 9.17) is 61.1 Å². The highest BCUT2D eigenvalue weighted by atomic mass is 35.5. The van der Waals surface area contributed by atoms with Gasteiger partial charge in [0.05, 0.1) is 104 Å². The van der Waals surface area contributed by atoms with Gasteiger partial charge in [0.15, 0.2) is 5.78 Å². The quantitative estimate of drug-likeness (QED) is 0.0314. The Bertz CT molecular complexity index is 6970. The van der Waals surface area contributed by atoms with Crippen molar-refractivity contribution in [1.82, 2.24) is 79.5 Å². The average molecular weight is 2080 g/mol. The van der Waals surface area contributed by atoms with Crippen molar-refractivity contribution < 1.29 is 92.6 Å². The first-order chi connectivity index (χ1) is 70.8. The molecule has 8 aromatic carbocycles. The van der Waals surface area contributed by atoms with Gasteiger partial charge in [0.2, 0.25) is 47.3 Å². The van der Waals surface area contributed by atoms with Gasteiger partial charge < -0.3 is 109 Å². The molecule has 148 heavy (non-hydrogen) atoms. The summed E-state index contributed by atoms with van der Waals surface area (Å²) in [5.41, 5.74) is 7.86. The third-order valence-electron chi connectivity index (χ3n) is 26.1. The van der Waals surface area contributed by atoms with Crippen molar-refractivity contribution in [3.05, 3.63) is 247 Å². The van der Waals surface area contributed by atoms with Crippen LogP contribution in [0.2, 0.25) is 10.0 Å². The summed E-state index contributed by atoms with van der Waals surface area (Å²) in [6.45, 7) is 13.7. The van der Waals surface area contributed by atoms with E-state index in [1.807, 2.05) is 98.5 Å². The number of halogens is 9. The fraction of sp³-hybridized carbons (Fsp3) is 0.337. The third kappa shape index (κ3) is 24.0. The number of anilines is 10. The Morgan fingerprint density at radius 2 is 0.838 bits per heavy atom. The molecule has 0 saturated carbocycles. The second-order valence-electron chi connectivity index (χ2n) is 36.4. The minimum atomic E-state index is -4.85. The molecular weight excluding hydrogens is 1970 g/mol. The van der Waals surface area contributed by atoms with Crippen molar-refractivity contribution in [3.8, 4) is 69.5 Å². The number of hydrogen-bond donors (Lipinski definition) is 5. The minimum Gasteiger partial charge on any atom is -0.495 e. The zero-order valence-corrected chi connectivity index (χ0v) is 84.9. The second kappa shape index (κ2) is 45.4. The number of aromatic nitrogens is 8. The molecule has 5 N–H and O–H groups in total. The number of alkyl halides is 7. The van der Waals surface area contributed by atoms with Gasteiger partial charge in [0.1, 0.15) is 73.3 Å². The van der Waals surface area contributed by atoms with Crippen LogP contribution in [-0.4, -0.2) is 266 Å². The summed E-state index contributed by atoms with van der Waals surface area (Å²) in [5, 5.41) is 15.3. The molecule has 3 saturated heterocycles. The van der Waals surface area contributed by atoms with Gasteiger partial charge in [-0.05, 0) is 169 Å². The molecule has 0 bridgehead atoms. The number of ether oxygens (including phenoxy) is 8. The van der Waals surface area contributed by atoms with E-state index in [-0.39, 0.29) is 115 Å². The first-order valence-corrected chi connectivity index (χ1v) is 48.0. The lowest BCUT2D eigenvalue weighted by molar-refractivity contribution is -0.140. The molecule has 0 radical (unpaired) electrons. The Morgan fingerprint density at radius 3 is 1.28 bits per heavy atom. The maximum atomic E-state index is 14.4. The van der Waals surface area contributed by atoms with Gasteiger partial charge in [-0.1, -0.05) is 77.8 Å². The van der Waals surface area contributed by atoms with Crippen molar-refractivity contribution in [2.45, 2.75) is 82.8 Å². The van der Waals surface area contributed by atoms with Crippen LogP contribution in [0.1, 0.15) is 130 Å². The van der Waals surface area contributed by atoms with Crippen LogP contribution in [0, 0.1) is 0 Å². The lowest BCUT2D eigenvalue weighted by atomic mass is 10.0. The molecule has 4 atom stereocenters. The zero-order chi connectivity index (χ0) is 105. The number of nitrogens with one attached hydrogen (secondary N) is 5. The first-order valence-electron chi connectivity index (χ1n) is 47.2. The monoisotopic (exact) mass is 2080 g/mol. The standard InChI is InChI=1S/C29H30F4N6O4.C26H29ClN6O3.C25H26ClN5O3.C24H24F3N5O3/c1-15-17-6-5-7-22(24(17)27(41)39(15)3)43-26-18(29(31,32)33)13-34-28(37-26)36-21-9-8-16(12-23(21)42-4)25(40)35-20-10-11-38(2)14-19(20)30;1-16-18-6-5-7-21(23(18)25(34)32(16)3)36-24-19(27)15-28-26(30-24)29-20-9-8-17(14-22(20)35-4)33-12-10-31(2)11-13-33;1-30-10-12-31(13-11-30)17-7-8-19(22(14-17)33-2)28-25-27-15-18(26)24(29-25)34-21-5-3-4-16-6-9-20(32)23(16)21;1-31(2)12-14-8-9-17(19(10-14)34-4)29-23-28-11-16(24(25,26)27)21(30-23)35-18-7-5-6-15-13-32(3)22(33)20(15)18/h5-9,12-13,15,19-20H,10-11,14H2,1-4H3,(H,35,40)(H,34,36,37);5-9,14-16H,10-13H2,1-4H3,(H,28,29,30);3-5,7-8,14-15H,6,9-13H2,1-2H3,(H,27,28,29);5-11H,12-13H2,1-4H3,(H,28,29,30)/t15?,19-,20+;;;/m1.../s1. The SMILES string of the molecule is COc1cc(C(=O)N[C@H]2CCN(C)C[C@H]2F)ccc1Nc1ncc(C(F)(F)F)c(Oc2cccc3c2C(=O)N(C)C3C)n1.COc1cc(CN(C)C)ccc1Nc1ncc(C(F)(F)F)c(Oc2cccc3c2C(=O)N(C)C3)n1.COc1cc(N2CCN(C)CC2)ccc1Nc1ncc(Cl)c(Oc2cccc3c2C(=O)CC3)n1.COc1cc(N2CCN(C)CC2)ccc1Nc1ncc(Cl)c(Oc2cccc3c2C(=O)N(C)C3C)n1. The number of rotatable bonds is 26. The summed E-state index contributed by atoms with van der Waals surface area (Å²) >= 11 is 12.7. The Balaban J connectivity index is 0.000000141.